The highest BCUT2D eigenvalue weighted by molar-refractivity contribution is 6.30. The first-order chi connectivity index (χ1) is 10.8. The lowest BCUT2D eigenvalue weighted by atomic mass is 9.98. The molecule has 1 atom stereocenters. The van der Waals surface area contributed by atoms with Gasteiger partial charge in [0.1, 0.15) is 5.75 Å². The Labute approximate surface area is 133 Å². The van der Waals surface area contributed by atoms with E-state index in [0.717, 1.165) is 11.3 Å². The lowest BCUT2D eigenvalue weighted by Crippen LogP contribution is -2.04. The topological polar surface area (TPSA) is 51.5 Å². The second-order valence-electron chi connectivity index (χ2n) is 4.89. The maximum Gasteiger partial charge on any atom is 0.231 e. The molecule has 1 heterocycles. The van der Waals surface area contributed by atoms with Crippen LogP contribution in [0.2, 0.25) is 5.02 Å². The number of hydrogen-bond donors (Lipinski definition) is 0. The van der Waals surface area contributed by atoms with E-state index in [-0.39, 0.29) is 12.7 Å². The summed E-state index contributed by atoms with van der Waals surface area (Å²) in [6.07, 6.45) is 0.589. The van der Waals surface area contributed by atoms with Gasteiger partial charge in [0, 0.05) is 17.5 Å². The second-order valence-corrected chi connectivity index (χ2v) is 5.33. The highest BCUT2D eigenvalue weighted by Crippen LogP contribution is 2.35. The molecule has 1 aliphatic rings. The zero-order valence-corrected chi connectivity index (χ0v) is 12.5. The summed E-state index contributed by atoms with van der Waals surface area (Å²) >= 11 is 5.96. The summed E-state index contributed by atoms with van der Waals surface area (Å²) in [5.41, 5.74) is 0.907. The van der Waals surface area contributed by atoms with Crippen LogP contribution in [0.1, 0.15) is 17.9 Å². The molecule has 0 saturated carbocycles. The van der Waals surface area contributed by atoms with Crippen molar-refractivity contribution in [1.29, 1.82) is 5.26 Å². The molecular weight excluding hydrogens is 302 g/mol. The van der Waals surface area contributed by atoms with Crippen LogP contribution in [0, 0.1) is 11.3 Å². The molecule has 2 aromatic carbocycles. The van der Waals surface area contributed by atoms with Crippen LogP contribution in [0.3, 0.4) is 0 Å². The summed E-state index contributed by atoms with van der Waals surface area (Å²) in [6.45, 7) is 0.675. The lowest BCUT2D eigenvalue weighted by Gasteiger charge is -2.11. The number of ether oxygens (including phenoxy) is 3. The van der Waals surface area contributed by atoms with Gasteiger partial charge in [-0.1, -0.05) is 23.7 Å². The molecule has 4 nitrogen and oxygen atoms in total. The molecule has 0 saturated heterocycles. The predicted molar refractivity (Wildman–Crippen MR) is 82.5 cm³/mol. The van der Waals surface area contributed by atoms with Crippen molar-refractivity contribution in [1.82, 2.24) is 0 Å². The first-order valence-corrected chi connectivity index (χ1v) is 7.31. The zero-order valence-electron chi connectivity index (χ0n) is 11.8. The van der Waals surface area contributed by atoms with Crippen molar-refractivity contribution >= 4 is 11.6 Å². The maximum atomic E-state index is 9.31. The Balaban J connectivity index is 1.59. The number of nitriles is 1. The summed E-state index contributed by atoms with van der Waals surface area (Å²) in [4.78, 5) is 0. The second kappa shape index (κ2) is 6.59. The van der Waals surface area contributed by atoms with Crippen LogP contribution in [-0.2, 0) is 0 Å². The molecule has 2 aromatic rings. The number of halogens is 1. The van der Waals surface area contributed by atoms with Gasteiger partial charge in [0.25, 0.3) is 0 Å². The van der Waals surface area contributed by atoms with Crippen LogP contribution in [0.4, 0.5) is 0 Å². The molecule has 0 radical (unpaired) electrons. The average Bonchev–Trinajstić information content (AvgIpc) is 2.99. The van der Waals surface area contributed by atoms with Crippen molar-refractivity contribution in [3.63, 3.8) is 0 Å². The van der Waals surface area contributed by atoms with Gasteiger partial charge in [-0.15, -0.1) is 0 Å². The first kappa shape index (κ1) is 14.6. The van der Waals surface area contributed by atoms with E-state index in [1.807, 2.05) is 30.3 Å². The number of rotatable bonds is 5. The molecule has 0 bridgehead atoms. The fraction of sp³-hybridized carbons (Fsp3) is 0.235. The predicted octanol–water partition coefficient (Wildman–Crippen LogP) is 4.14. The minimum Gasteiger partial charge on any atom is -0.493 e. The largest absolute Gasteiger partial charge is 0.493 e. The summed E-state index contributed by atoms with van der Waals surface area (Å²) in [5.74, 6) is 1.87. The van der Waals surface area contributed by atoms with E-state index in [2.05, 4.69) is 6.07 Å². The molecule has 0 aliphatic carbocycles. The van der Waals surface area contributed by atoms with E-state index in [4.69, 9.17) is 25.8 Å². The van der Waals surface area contributed by atoms with Crippen LogP contribution in [0.25, 0.3) is 0 Å². The van der Waals surface area contributed by atoms with E-state index in [1.165, 1.54) is 0 Å². The van der Waals surface area contributed by atoms with E-state index in [9.17, 15) is 5.26 Å². The van der Waals surface area contributed by atoms with E-state index >= 15 is 0 Å². The van der Waals surface area contributed by atoms with Gasteiger partial charge in [0.05, 0.1) is 18.6 Å². The number of fused-ring (bicyclic) bond motifs is 1. The molecule has 0 aromatic heterocycles. The zero-order chi connectivity index (χ0) is 15.4. The average molecular weight is 316 g/mol. The van der Waals surface area contributed by atoms with Crippen LogP contribution >= 0.6 is 11.6 Å². The molecule has 112 valence electrons. The number of nitrogens with zero attached hydrogens (tertiary/aromatic N) is 1. The minimum atomic E-state index is -0.243. The Morgan fingerprint density at radius 3 is 2.86 bits per heavy atom. The van der Waals surface area contributed by atoms with Crippen LogP contribution in [0.15, 0.2) is 42.5 Å². The highest BCUT2D eigenvalue weighted by atomic mass is 35.5. The molecule has 0 N–H and O–H groups in total. The maximum absolute atomic E-state index is 9.31. The molecule has 3 rings (SSSR count). The van der Waals surface area contributed by atoms with Gasteiger partial charge in [-0.25, -0.2) is 0 Å². The molecule has 0 spiro atoms. The third kappa shape index (κ3) is 3.26. The van der Waals surface area contributed by atoms with Gasteiger partial charge in [0.2, 0.25) is 6.79 Å². The fourth-order valence-corrected chi connectivity index (χ4v) is 2.49. The van der Waals surface area contributed by atoms with Crippen molar-refractivity contribution in [2.45, 2.75) is 12.3 Å². The summed E-state index contributed by atoms with van der Waals surface area (Å²) in [5, 5.41) is 9.94. The molecular formula is C17H14ClNO3. The van der Waals surface area contributed by atoms with Crippen molar-refractivity contribution in [2.75, 3.05) is 13.4 Å². The Bertz CT molecular complexity index is 711. The third-order valence-electron chi connectivity index (χ3n) is 3.43. The SMILES string of the molecule is N#CC(CCOc1ccc2c(c1)OCO2)c1cccc(Cl)c1. The van der Waals surface area contributed by atoms with Gasteiger partial charge in [0.15, 0.2) is 11.5 Å². The molecule has 5 heteroatoms. The quantitative estimate of drug-likeness (QED) is 0.832. The van der Waals surface area contributed by atoms with Crippen LogP contribution < -0.4 is 14.2 Å². The van der Waals surface area contributed by atoms with Crippen molar-refractivity contribution in [3.05, 3.63) is 53.1 Å². The van der Waals surface area contributed by atoms with E-state index in [0.29, 0.717) is 29.5 Å². The molecule has 0 fully saturated rings. The summed E-state index contributed by atoms with van der Waals surface area (Å²) < 4.78 is 16.2. The normalized spacial score (nSPS) is 13.5. The van der Waals surface area contributed by atoms with Crippen LogP contribution in [0.5, 0.6) is 17.2 Å². The van der Waals surface area contributed by atoms with Gasteiger partial charge in [-0.2, -0.15) is 5.26 Å². The molecule has 1 aliphatic heterocycles. The fourth-order valence-electron chi connectivity index (χ4n) is 2.29. The Morgan fingerprint density at radius 2 is 2.05 bits per heavy atom. The third-order valence-corrected chi connectivity index (χ3v) is 3.66. The monoisotopic (exact) mass is 315 g/mol. The van der Waals surface area contributed by atoms with E-state index < -0.39 is 0 Å². The van der Waals surface area contributed by atoms with E-state index in [1.54, 1.807) is 12.1 Å². The lowest BCUT2D eigenvalue weighted by molar-refractivity contribution is 0.173. The highest BCUT2D eigenvalue weighted by Gasteiger charge is 2.15. The summed E-state index contributed by atoms with van der Waals surface area (Å²) in [7, 11) is 0. The Kier molecular flexibility index (Phi) is 4.36. The minimum absolute atomic E-state index is 0.240. The van der Waals surface area contributed by atoms with Crippen LogP contribution in [-0.4, -0.2) is 13.4 Å². The first-order valence-electron chi connectivity index (χ1n) is 6.94. The van der Waals surface area contributed by atoms with Gasteiger partial charge >= 0.3 is 0 Å². The smallest absolute Gasteiger partial charge is 0.231 e. The molecule has 0 amide bonds. The van der Waals surface area contributed by atoms with Gasteiger partial charge in [-0.05, 0) is 29.8 Å². The molecule has 22 heavy (non-hydrogen) atoms. The summed E-state index contributed by atoms with van der Waals surface area (Å²) in [6, 6.07) is 15.1. The van der Waals surface area contributed by atoms with Crippen molar-refractivity contribution in [3.8, 4) is 23.3 Å². The Hall–Kier alpha value is -2.38. The van der Waals surface area contributed by atoms with Gasteiger partial charge in [-0.3, -0.25) is 0 Å². The standard InChI is InChI=1S/C17H14ClNO3/c18-14-3-1-2-12(8-14)13(10-19)6-7-20-15-4-5-16-17(9-15)22-11-21-16/h1-5,8-9,13H,6-7,11H2. The van der Waals surface area contributed by atoms with Gasteiger partial charge < -0.3 is 14.2 Å². The molecule has 1 unspecified atom stereocenters. The number of hydrogen-bond acceptors (Lipinski definition) is 4. The number of benzene rings is 2. The van der Waals surface area contributed by atoms with Crippen molar-refractivity contribution < 1.29 is 14.2 Å². The Morgan fingerprint density at radius 1 is 1.18 bits per heavy atom. The van der Waals surface area contributed by atoms with Crippen molar-refractivity contribution in [2.24, 2.45) is 0 Å².